The smallest absolute Gasteiger partial charge is 0.254 e. The largest absolute Gasteiger partial charge is 0.371 e. The van der Waals surface area contributed by atoms with E-state index in [9.17, 15) is 9.59 Å². The lowest BCUT2D eigenvalue weighted by atomic mass is 9.92. The number of carbonyl (C=O) groups is 2. The fourth-order valence-electron chi connectivity index (χ4n) is 6.57. The van der Waals surface area contributed by atoms with Crippen LogP contribution in [0.25, 0.3) is 21.9 Å². The van der Waals surface area contributed by atoms with Crippen LogP contribution in [0.15, 0.2) is 84.9 Å². The van der Waals surface area contributed by atoms with Crippen LogP contribution in [0.4, 0.5) is 11.4 Å². The standard InChI is InChI=1S/C36H39N3O2/c1-3-8-25(2)39-24-29-22-30(15-16-34(29)36(39)41)37-35(40)21-26-17-19-38(20-18-26)31-12-6-11-28(23-31)33-14-7-10-27-9-4-5-13-32(27)33/h4-7,9-16,22-23,25-26H,3,8,17-21,24H2,1-2H3,(H,37,40). The van der Waals surface area contributed by atoms with E-state index in [1.165, 1.54) is 27.6 Å². The molecule has 2 amide bonds. The summed E-state index contributed by atoms with van der Waals surface area (Å²) < 4.78 is 0. The number of rotatable bonds is 8. The predicted molar refractivity (Wildman–Crippen MR) is 168 cm³/mol. The van der Waals surface area contributed by atoms with E-state index in [-0.39, 0.29) is 17.9 Å². The minimum Gasteiger partial charge on any atom is -0.371 e. The van der Waals surface area contributed by atoms with Crippen LogP contribution in [0.2, 0.25) is 0 Å². The van der Waals surface area contributed by atoms with Crippen LogP contribution in [0.1, 0.15) is 61.9 Å². The molecule has 1 fully saturated rings. The molecule has 5 heteroatoms. The molecular formula is C36H39N3O2. The van der Waals surface area contributed by atoms with E-state index < -0.39 is 0 Å². The van der Waals surface area contributed by atoms with Gasteiger partial charge in [0.2, 0.25) is 5.91 Å². The highest BCUT2D eigenvalue weighted by atomic mass is 16.2. The second-order valence-corrected chi connectivity index (χ2v) is 11.7. The summed E-state index contributed by atoms with van der Waals surface area (Å²) in [6.45, 7) is 6.78. The molecule has 1 unspecified atom stereocenters. The summed E-state index contributed by atoms with van der Waals surface area (Å²) >= 11 is 0. The lowest BCUT2D eigenvalue weighted by Gasteiger charge is -2.33. The van der Waals surface area contributed by atoms with Crippen molar-refractivity contribution in [1.29, 1.82) is 0 Å². The molecule has 1 atom stereocenters. The van der Waals surface area contributed by atoms with Gasteiger partial charge in [0, 0.05) is 49.0 Å². The van der Waals surface area contributed by atoms with Gasteiger partial charge in [-0.05, 0) is 89.9 Å². The summed E-state index contributed by atoms with van der Waals surface area (Å²) in [5, 5.41) is 5.63. The number of hydrogen-bond acceptors (Lipinski definition) is 3. The molecule has 5 nitrogen and oxygen atoms in total. The minimum atomic E-state index is 0.0573. The quantitative estimate of drug-likeness (QED) is 0.245. The number of nitrogens with one attached hydrogen (secondary N) is 1. The van der Waals surface area contributed by atoms with Crippen LogP contribution in [-0.2, 0) is 11.3 Å². The molecule has 0 bridgehead atoms. The Morgan fingerprint density at radius 2 is 1.71 bits per heavy atom. The number of piperidine rings is 1. The third-order valence-electron chi connectivity index (χ3n) is 8.86. The maximum absolute atomic E-state index is 13.0. The van der Waals surface area contributed by atoms with Crippen LogP contribution in [0.5, 0.6) is 0 Å². The molecule has 4 aromatic rings. The number of carbonyl (C=O) groups excluding carboxylic acids is 2. The minimum absolute atomic E-state index is 0.0573. The van der Waals surface area contributed by atoms with Gasteiger partial charge in [0.15, 0.2) is 0 Å². The average Bonchev–Trinajstić information content (AvgIpc) is 3.33. The Kier molecular flexibility index (Phi) is 7.78. The zero-order valence-corrected chi connectivity index (χ0v) is 24.1. The number of fused-ring (bicyclic) bond motifs is 2. The normalized spacial score (nSPS) is 16.2. The van der Waals surface area contributed by atoms with Crippen molar-refractivity contribution in [3.63, 3.8) is 0 Å². The first kappa shape index (κ1) is 27.1. The van der Waals surface area contributed by atoms with E-state index in [1.807, 2.05) is 23.1 Å². The maximum Gasteiger partial charge on any atom is 0.254 e. The Labute approximate surface area is 243 Å². The van der Waals surface area contributed by atoms with Gasteiger partial charge in [0.05, 0.1) is 0 Å². The van der Waals surface area contributed by atoms with Crippen molar-refractivity contribution in [2.24, 2.45) is 5.92 Å². The lowest BCUT2D eigenvalue weighted by Crippen LogP contribution is -2.34. The monoisotopic (exact) mass is 545 g/mol. The van der Waals surface area contributed by atoms with E-state index >= 15 is 0 Å². The van der Waals surface area contributed by atoms with Crippen molar-refractivity contribution in [3.05, 3.63) is 96.1 Å². The second kappa shape index (κ2) is 11.8. The molecule has 1 saturated heterocycles. The molecule has 2 heterocycles. The van der Waals surface area contributed by atoms with Crippen molar-refractivity contribution >= 4 is 34.0 Å². The number of benzene rings is 4. The molecule has 0 spiro atoms. The maximum atomic E-state index is 13.0. The molecule has 4 aromatic carbocycles. The van der Waals surface area contributed by atoms with Crippen LogP contribution < -0.4 is 10.2 Å². The summed E-state index contributed by atoms with van der Waals surface area (Å²) in [4.78, 5) is 30.2. The van der Waals surface area contributed by atoms with Crippen LogP contribution in [0.3, 0.4) is 0 Å². The Balaban J connectivity index is 1.05. The van der Waals surface area contributed by atoms with Crippen molar-refractivity contribution < 1.29 is 9.59 Å². The first-order chi connectivity index (χ1) is 20.0. The molecule has 210 valence electrons. The van der Waals surface area contributed by atoms with Gasteiger partial charge < -0.3 is 15.1 Å². The molecule has 2 aliphatic heterocycles. The zero-order chi connectivity index (χ0) is 28.3. The Hall–Kier alpha value is -4.12. The van der Waals surface area contributed by atoms with E-state index in [4.69, 9.17) is 0 Å². The first-order valence-electron chi connectivity index (χ1n) is 15.1. The molecule has 1 N–H and O–H groups in total. The SMILES string of the molecule is CCCC(C)N1Cc2cc(NC(=O)CC3CCN(c4cccc(-c5cccc6ccccc56)c4)CC3)ccc2C1=O. The number of amides is 2. The summed E-state index contributed by atoms with van der Waals surface area (Å²) in [6.07, 6.45) is 4.57. The molecule has 41 heavy (non-hydrogen) atoms. The molecular weight excluding hydrogens is 506 g/mol. The second-order valence-electron chi connectivity index (χ2n) is 11.7. The van der Waals surface area contributed by atoms with Crippen LogP contribution >= 0.6 is 0 Å². The third kappa shape index (κ3) is 5.72. The van der Waals surface area contributed by atoms with Crippen LogP contribution in [-0.4, -0.2) is 35.8 Å². The predicted octanol–water partition coefficient (Wildman–Crippen LogP) is 7.90. The summed E-state index contributed by atoms with van der Waals surface area (Å²) in [7, 11) is 0. The van der Waals surface area contributed by atoms with Crippen molar-refractivity contribution in [2.45, 2.75) is 58.5 Å². The Morgan fingerprint density at radius 3 is 2.54 bits per heavy atom. The lowest BCUT2D eigenvalue weighted by molar-refractivity contribution is -0.117. The summed E-state index contributed by atoms with van der Waals surface area (Å²) in [6, 6.07) is 29.8. The van der Waals surface area contributed by atoms with Gasteiger partial charge in [-0.25, -0.2) is 0 Å². The van der Waals surface area contributed by atoms with Gasteiger partial charge in [-0.3, -0.25) is 9.59 Å². The van der Waals surface area contributed by atoms with Crippen LogP contribution in [0, 0.1) is 5.92 Å². The van der Waals surface area contributed by atoms with Crippen molar-refractivity contribution in [3.8, 4) is 11.1 Å². The summed E-state index contributed by atoms with van der Waals surface area (Å²) in [5.41, 5.74) is 6.30. The van der Waals surface area contributed by atoms with E-state index in [2.05, 4.69) is 90.8 Å². The van der Waals surface area contributed by atoms with Gasteiger partial charge in [-0.15, -0.1) is 0 Å². The molecule has 0 aromatic heterocycles. The number of nitrogens with zero attached hydrogens (tertiary/aromatic N) is 2. The highest BCUT2D eigenvalue weighted by Crippen LogP contribution is 2.33. The average molecular weight is 546 g/mol. The topological polar surface area (TPSA) is 52.7 Å². The van der Waals surface area contributed by atoms with E-state index in [0.717, 1.165) is 55.6 Å². The third-order valence-corrected chi connectivity index (χ3v) is 8.86. The highest BCUT2D eigenvalue weighted by molar-refractivity contribution is 6.00. The molecule has 6 rings (SSSR count). The highest BCUT2D eigenvalue weighted by Gasteiger charge is 2.30. The zero-order valence-electron chi connectivity index (χ0n) is 24.1. The molecule has 0 saturated carbocycles. The van der Waals surface area contributed by atoms with Gasteiger partial charge in [-0.2, -0.15) is 0 Å². The number of hydrogen-bond donors (Lipinski definition) is 1. The van der Waals surface area contributed by atoms with E-state index in [0.29, 0.717) is 18.9 Å². The van der Waals surface area contributed by atoms with Gasteiger partial charge in [0.25, 0.3) is 5.91 Å². The van der Waals surface area contributed by atoms with Gasteiger partial charge >= 0.3 is 0 Å². The summed E-state index contributed by atoms with van der Waals surface area (Å²) in [5.74, 6) is 0.531. The first-order valence-corrected chi connectivity index (χ1v) is 15.1. The van der Waals surface area contributed by atoms with Crippen molar-refractivity contribution in [1.82, 2.24) is 4.90 Å². The Bertz CT molecular complexity index is 1570. The van der Waals surface area contributed by atoms with Crippen molar-refractivity contribution in [2.75, 3.05) is 23.3 Å². The van der Waals surface area contributed by atoms with Gasteiger partial charge in [0.1, 0.15) is 0 Å². The fraction of sp³-hybridized carbons (Fsp3) is 0.333. The fourth-order valence-corrected chi connectivity index (χ4v) is 6.57. The van der Waals surface area contributed by atoms with Gasteiger partial charge in [-0.1, -0.05) is 67.9 Å². The number of anilines is 2. The molecule has 2 aliphatic rings. The molecule has 0 radical (unpaired) electrons. The molecule has 0 aliphatic carbocycles. The Morgan fingerprint density at radius 1 is 0.927 bits per heavy atom. The van der Waals surface area contributed by atoms with E-state index in [1.54, 1.807) is 0 Å².